The van der Waals surface area contributed by atoms with E-state index in [1.54, 1.807) is 36.7 Å². The molecule has 7 nitrogen and oxygen atoms in total. The van der Waals surface area contributed by atoms with Gasteiger partial charge in [0, 0.05) is 30.1 Å². The zero-order valence-corrected chi connectivity index (χ0v) is 14.6. The lowest BCUT2D eigenvalue weighted by molar-refractivity contribution is 0.102. The maximum Gasteiger partial charge on any atom is 0.257 e. The van der Waals surface area contributed by atoms with Crippen LogP contribution in [0.1, 0.15) is 35.1 Å². The van der Waals surface area contributed by atoms with E-state index in [1.165, 1.54) is 11.3 Å². The van der Waals surface area contributed by atoms with Crippen LogP contribution in [0.2, 0.25) is 0 Å². The molecule has 0 saturated heterocycles. The van der Waals surface area contributed by atoms with Crippen molar-refractivity contribution in [2.24, 2.45) is 0 Å². The second-order valence-corrected chi connectivity index (χ2v) is 6.40. The third-order valence-electron chi connectivity index (χ3n) is 3.38. The number of carbonyl (C=O) groups excluding carboxylic acids is 1. The van der Waals surface area contributed by atoms with Crippen LogP contribution in [0.15, 0.2) is 42.7 Å². The number of amides is 1. The van der Waals surface area contributed by atoms with E-state index in [0.717, 1.165) is 30.0 Å². The van der Waals surface area contributed by atoms with Gasteiger partial charge in [-0.05, 0) is 30.7 Å². The van der Waals surface area contributed by atoms with Crippen molar-refractivity contribution in [3.63, 3.8) is 0 Å². The highest BCUT2D eigenvalue weighted by atomic mass is 32.1. The number of nitrogens with one attached hydrogen (secondary N) is 2. The number of carbonyl (C=O) groups is 1. The maximum absolute atomic E-state index is 12.4. The van der Waals surface area contributed by atoms with Gasteiger partial charge in [0.15, 0.2) is 0 Å². The van der Waals surface area contributed by atoms with Crippen LogP contribution < -0.4 is 10.6 Å². The number of aromatic nitrogens is 4. The number of hydrogen-bond acceptors (Lipinski definition) is 7. The SMILES string of the molecule is CCCCc1nnc(NC(=O)c2cccc(Nc3ncccn3)c2)s1. The van der Waals surface area contributed by atoms with Gasteiger partial charge in [0.25, 0.3) is 5.91 Å². The molecule has 2 heterocycles. The van der Waals surface area contributed by atoms with E-state index in [-0.39, 0.29) is 5.91 Å². The molecule has 3 rings (SSSR count). The number of unbranched alkanes of at least 4 members (excludes halogenated alkanes) is 1. The van der Waals surface area contributed by atoms with Gasteiger partial charge in [-0.1, -0.05) is 30.7 Å². The zero-order valence-electron chi connectivity index (χ0n) is 13.8. The highest BCUT2D eigenvalue weighted by Crippen LogP contribution is 2.19. The Hall–Kier alpha value is -2.87. The van der Waals surface area contributed by atoms with Gasteiger partial charge in [-0.25, -0.2) is 9.97 Å². The Morgan fingerprint density at radius 3 is 2.80 bits per heavy atom. The predicted octanol–water partition coefficient (Wildman–Crippen LogP) is 3.67. The molecule has 128 valence electrons. The molecule has 2 N–H and O–H groups in total. The number of hydrogen-bond donors (Lipinski definition) is 2. The van der Waals surface area contributed by atoms with Crippen molar-refractivity contribution in [1.82, 2.24) is 20.2 Å². The Morgan fingerprint density at radius 1 is 1.16 bits per heavy atom. The molecule has 0 aliphatic rings. The van der Waals surface area contributed by atoms with Crippen molar-refractivity contribution >= 4 is 34.0 Å². The topological polar surface area (TPSA) is 92.7 Å². The van der Waals surface area contributed by atoms with Crippen molar-refractivity contribution in [3.8, 4) is 0 Å². The fourth-order valence-corrected chi connectivity index (χ4v) is 2.91. The van der Waals surface area contributed by atoms with Crippen molar-refractivity contribution < 1.29 is 4.79 Å². The van der Waals surface area contributed by atoms with E-state index in [4.69, 9.17) is 0 Å². The molecule has 0 atom stereocenters. The van der Waals surface area contributed by atoms with Crippen LogP contribution in [0.5, 0.6) is 0 Å². The van der Waals surface area contributed by atoms with Crippen molar-refractivity contribution in [1.29, 1.82) is 0 Å². The van der Waals surface area contributed by atoms with Crippen LogP contribution in [-0.2, 0) is 6.42 Å². The maximum atomic E-state index is 12.4. The Bertz CT molecular complexity index is 836. The van der Waals surface area contributed by atoms with Gasteiger partial charge in [-0.15, -0.1) is 10.2 Å². The lowest BCUT2D eigenvalue weighted by Crippen LogP contribution is -2.12. The van der Waals surface area contributed by atoms with Crippen LogP contribution in [0.4, 0.5) is 16.8 Å². The smallest absolute Gasteiger partial charge is 0.257 e. The zero-order chi connectivity index (χ0) is 17.5. The molecule has 0 aliphatic heterocycles. The minimum Gasteiger partial charge on any atom is -0.324 e. The Labute approximate surface area is 149 Å². The summed E-state index contributed by atoms with van der Waals surface area (Å²) in [5.74, 6) is 0.251. The number of anilines is 3. The number of aryl methyl sites for hydroxylation is 1. The summed E-state index contributed by atoms with van der Waals surface area (Å²) in [6.07, 6.45) is 6.36. The lowest BCUT2D eigenvalue weighted by atomic mass is 10.2. The first-order valence-electron chi connectivity index (χ1n) is 8.02. The summed E-state index contributed by atoms with van der Waals surface area (Å²) in [4.78, 5) is 20.6. The molecule has 1 aromatic carbocycles. The molecule has 2 aromatic heterocycles. The molecule has 0 bridgehead atoms. The van der Waals surface area contributed by atoms with E-state index in [1.807, 2.05) is 6.07 Å². The molecule has 0 aliphatic carbocycles. The Kier molecular flexibility index (Phi) is 5.63. The van der Waals surface area contributed by atoms with E-state index in [2.05, 4.69) is 37.7 Å². The normalized spacial score (nSPS) is 10.4. The second-order valence-electron chi connectivity index (χ2n) is 5.34. The molecule has 0 fully saturated rings. The quantitative estimate of drug-likeness (QED) is 0.672. The van der Waals surface area contributed by atoms with Crippen LogP contribution >= 0.6 is 11.3 Å². The summed E-state index contributed by atoms with van der Waals surface area (Å²) in [7, 11) is 0. The fraction of sp³-hybridized carbons (Fsp3) is 0.235. The van der Waals surface area contributed by atoms with Crippen LogP contribution in [0.3, 0.4) is 0 Å². The summed E-state index contributed by atoms with van der Waals surface area (Å²) in [5.41, 5.74) is 1.26. The molecule has 0 saturated carbocycles. The third kappa shape index (κ3) is 4.80. The van der Waals surface area contributed by atoms with E-state index >= 15 is 0 Å². The minimum atomic E-state index is -0.226. The standard InChI is InChI=1S/C17H18N6OS/c1-2-3-8-14-22-23-17(25-14)21-15(24)12-6-4-7-13(11-12)20-16-18-9-5-10-19-16/h4-7,9-11H,2-3,8H2,1H3,(H,18,19,20)(H,21,23,24). The van der Waals surface area contributed by atoms with Crippen LogP contribution in [0, 0.1) is 0 Å². The summed E-state index contributed by atoms with van der Waals surface area (Å²) >= 11 is 1.41. The molecule has 25 heavy (non-hydrogen) atoms. The monoisotopic (exact) mass is 354 g/mol. The summed E-state index contributed by atoms with van der Waals surface area (Å²) < 4.78 is 0. The van der Waals surface area contributed by atoms with E-state index < -0.39 is 0 Å². The van der Waals surface area contributed by atoms with Gasteiger partial charge >= 0.3 is 0 Å². The van der Waals surface area contributed by atoms with E-state index in [9.17, 15) is 4.79 Å². The van der Waals surface area contributed by atoms with Gasteiger partial charge in [-0.2, -0.15) is 0 Å². The average molecular weight is 354 g/mol. The van der Waals surface area contributed by atoms with Gasteiger partial charge in [-0.3, -0.25) is 10.1 Å². The first-order valence-corrected chi connectivity index (χ1v) is 8.84. The number of nitrogens with zero attached hydrogens (tertiary/aromatic N) is 4. The number of benzene rings is 1. The first-order chi connectivity index (χ1) is 12.2. The van der Waals surface area contributed by atoms with Gasteiger partial charge in [0.1, 0.15) is 5.01 Å². The molecular weight excluding hydrogens is 336 g/mol. The molecule has 0 radical (unpaired) electrons. The van der Waals surface area contributed by atoms with Crippen molar-refractivity contribution in [3.05, 3.63) is 53.3 Å². The van der Waals surface area contributed by atoms with Crippen LogP contribution in [-0.4, -0.2) is 26.1 Å². The fourth-order valence-electron chi connectivity index (χ4n) is 2.13. The largest absolute Gasteiger partial charge is 0.324 e. The molecule has 0 spiro atoms. The van der Waals surface area contributed by atoms with Gasteiger partial charge < -0.3 is 5.32 Å². The third-order valence-corrected chi connectivity index (χ3v) is 4.28. The summed E-state index contributed by atoms with van der Waals surface area (Å²) in [6.45, 7) is 2.13. The summed E-state index contributed by atoms with van der Waals surface area (Å²) in [5, 5.41) is 15.4. The highest BCUT2D eigenvalue weighted by Gasteiger charge is 2.11. The van der Waals surface area contributed by atoms with Crippen LogP contribution in [0.25, 0.3) is 0 Å². The molecule has 0 unspecified atom stereocenters. The highest BCUT2D eigenvalue weighted by molar-refractivity contribution is 7.15. The summed E-state index contributed by atoms with van der Waals surface area (Å²) in [6, 6.07) is 8.87. The van der Waals surface area contributed by atoms with Crippen molar-refractivity contribution in [2.75, 3.05) is 10.6 Å². The molecule has 8 heteroatoms. The minimum absolute atomic E-state index is 0.226. The Morgan fingerprint density at radius 2 is 2.00 bits per heavy atom. The number of rotatable bonds is 7. The Balaban J connectivity index is 1.66. The lowest BCUT2D eigenvalue weighted by Gasteiger charge is -2.06. The predicted molar refractivity (Wildman–Crippen MR) is 98.2 cm³/mol. The molecule has 3 aromatic rings. The second kappa shape index (κ2) is 8.29. The molecule has 1 amide bonds. The van der Waals surface area contributed by atoms with E-state index in [0.29, 0.717) is 16.6 Å². The van der Waals surface area contributed by atoms with Crippen molar-refractivity contribution in [2.45, 2.75) is 26.2 Å². The molecular formula is C17H18N6OS. The van der Waals surface area contributed by atoms with Gasteiger partial charge in [0.2, 0.25) is 11.1 Å². The van der Waals surface area contributed by atoms with Gasteiger partial charge in [0.05, 0.1) is 0 Å². The average Bonchev–Trinajstić information content (AvgIpc) is 3.08. The first kappa shape index (κ1) is 17.0.